The molecule has 11 heteroatoms. The molecule has 0 bridgehead atoms. The first-order valence-corrected chi connectivity index (χ1v) is 12.3. The fourth-order valence-corrected chi connectivity index (χ4v) is 4.15. The molecule has 0 saturated carbocycles. The van der Waals surface area contributed by atoms with Crippen molar-refractivity contribution in [1.82, 2.24) is 9.88 Å². The monoisotopic (exact) mass is 543 g/mol. The summed E-state index contributed by atoms with van der Waals surface area (Å²) < 4.78 is 48.4. The number of ether oxygens (including phenoxy) is 2. The standard InChI is InChI=1S/C28H28F3N3O5/c1-18(34-10-12-38-13-11-34)27(37)33-24-15-22(7-9-26(24)39-28(29,30)31)25(36)14-20-4-8-23(32-16-20)21-5-2-19(17-35)3-6-21/h2-9,15-16,18,35H,10-14,17H2,1H3,(H,33,37)/t18-/m0/s1. The molecule has 8 nitrogen and oxygen atoms in total. The third-order valence-corrected chi connectivity index (χ3v) is 6.38. The van der Waals surface area contributed by atoms with Gasteiger partial charge in [-0.15, -0.1) is 13.2 Å². The van der Waals surface area contributed by atoms with Crippen LogP contribution in [0.2, 0.25) is 0 Å². The molecule has 0 unspecified atom stereocenters. The lowest BCUT2D eigenvalue weighted by Gasteiger charge is -2.31. The van der Waals surface area contributed by atoms with Gasteiger partial charge >= 0.3 is 6.36 Å². The van der Waals surface area contributed by atoms with Crippen molar-refractivity contribution in [3.63, 3.8) is 0 Å². The Bertz CT molecular complexity index is 1290. The van der Waals surface area contributed by atoms with E-state index in [1.165, 1.54) is 12.1 Å². The van der Waals surface area contributed by atoms with Gasteiger partial charge in [-0.05, 0) is 42.3 Å². The summed E-state index contributed by atoms with van der Waals surface area (Å²) in [6.07, 6.45) is -3.47. The molecule has 2 N–H and O–H groups in total. The number of halogens is 3. The van der Waals surface area contributed by atoms with Gasteiger partial charge in [0.05, 0.1) is 37.2 Å². The van der Waals surface area contributed by atoms with E-state index in [1.807, 2.05) is 17.0 Å². The largest absolute Gasteiger partial charge is 0.573 e. The van der Waals surface area contributed by atoms with Crippen molar-refractivity contribution >= 4 is 17.4 Å². The van der Waals surface area contributed by atoms with Crippen molar-refractivity contribution in [2.24, 2.45) is 0 Å². The Hall–Kier alpha value is -3.80. The van der Waals surface area contributed by atoms with E-state index in [1.54, 1.807) is 37.4 Å². The smallest absolute Gasteiger partial charge is 0.404 e. The Morgan fingerprint density at radius 3 is 2.38 bits per heavy atom. The minimum absolute atomic E-state index is 0.0478. The number of carbonyl (C=O) groups excluding carboxylic acids is 2. The summed E-state index contributed by atoms with van der Waals surface area (Å²) in [6, 6.07) is 13.6. The van der Waals surface area contributed by atoms with Crippen molar-refractivity contribution in [2.75, 3.05) is 31.6 Å². The fourth-order valence-electron chi connectivity index (χ4n) is 4.15. The van der Waals surface area contributed by atoms with E-state index in [2.05, 4.69) is 15.0 Å². The molecule has 4 rings (SSSR count). The topological polar surface area (TPSA) is 101 Å². The van der Waals surface area contributed by atoms with E-state index in [9.17, 15) is 27.9 Å². The number of hydrogen-bond donors (Lipinski definition) is 2. The summed E-state index contributed by atoms with van der Waals surface area (Å²) in [5, 5.41) is 11.7. The second-order valence-corrected chi connectivity index (χ2v) is 9.08. The van der Waals surface area contributed by atoms with Crippen molar-refractivity contribution in [3.8, 4) is 17.0 Å². The fraction of sp³-hybridized carbons (Fsp3) is 0.321. The molecule has 1 fully saturated rings. The minimum Gasteiger partial charge on any atom is -0.404 e. The normalized spacial score (nSPS) is 15.0. The van der Waals surface area contributed by atoms with Gasteiger partial charge in [-0.1, -0.05) is 30.3 Å². The van der Waals surface area contributed by atoms with Gasteiger partial charge in [-0.3, -0.25) is 19.5 Å². The van der Waals surface area contributed by atoms with E-state index in [0.717, 1.165) is 17.2 Å². The van der Waals surface area contributed by atoms with Gasteiger partial charge in [-0.2, -0.15) is 0 Å². The number of anilines is 1. The third kappa shape index (κ3) is 7.62. The van der Waals surface area contributed by atoms with Gasteiger partial charge in [-0.25, -0.2) is 0 Å². The molecule has 0 spiro atoms. The van der Waals surface area contributed by atoms with Crippen LogP contribution >= 0.6 is 0 Å². The molecule has 0 aliphatic carbocycles. The number of amides is 1. The number of aromatic nitrogens is 1. The first kappa shape index (κ1) is 28.2. The van der Waals surface area contributed by atoms with Crippen LogP contribution in [-0.2, 0) is 22.6 Å². The quantitative estimate of drug-likeness (QED) is 0.390. The maximum absolute atomic E-state index is 13.0. The zero-order valence-electron chi connectivity index (χ0n) is 21.2. The number of rotatable bonds is 9. The summed E-state index contributed by atoms with van der Waals surface area (Å²) in [4.78, 5) is 32.1. The number of nitrogens with one attached hydrogen (secondary N) is 1. The lowest BCUT2D eigenvalue weighted by atomic mass is 10.0. The average Bonchev–Trinajstić information content (AvgIpc) is 2.93. The molecule has 39 heavy (non-hydrogen) atoms. The molecule has 3 aromatic rings. The van der Waals surface area contributed by atoms with Crippen LogP contribution in [0.1, 0.15) is 28.4 Å². The SMILES string of the molecule is C[C@@H](C(=O)Nc1cc(C(=O)Cc2ccc(-c3ccc(CO)cc3)nc2)ccc1OC(F)(F)F)N1CCOCC1. The Morgan fingerprint density at radius 2 is 1.77 bits per heavy atom. The Morgan fingerprint density at radius 1 is 1.08 bits per heavy atom. The highest BCUT2D eigenvalue weighted by molar-refractivity contribution is 6.01. The third-order valence-electron chi connectivity index (χ3n) is 6.38. The maximum atomic E-state index is 13.0. The van der Waals surface area contributed by atoms with Gasteiger partial charge in [0.2, 0.25) is 5.91 Å². The van der Waals surface area contributed by atoms with E-state index in [4.69, 9.17) is 4.74 Å². The lowest BCUT2D eigenvalue weighted by molar-refractivity contribution is -0.274. The molecule has 1 aliphatic rings. The predicted molar refractivity (Wildman–Crippen MR) is 137 cm³/mol. The number of benzene rings is 2. The van der Waals surface area contributed by atoms with Gasteiger partial charge in [0.1, 0.15) is 0 Å². The zero-order chi connectivity index (χ0) is 28.0. The van der Waals surface area contributed by atoms with Crippen molar-refractivity contribution < 1.29 is 37.3 Å². The van der Waals surface area contributed by atoms with Crippen LogP contribution in [0.4, 0.5) is 18.9 Å². The molecular weight excluding hydrogens is 515 g/mol. The zero-order valence-corrected chi connectivity index (χ0v) is 21.2. The average molecular weight is 544 g/mol. The second-order valence-electron chi connectivity index (χ2n) is 9.08. The number of hydrogen-bond acceptors (Lipinski definition) is 7. The van der Waals surface area contributed by atoms with Gasteiger partial charge in [0.25, 0.3) is 0 Å². The van der Waals surface area contributed by atoms with Crippen LogP contribution in [0.15, 0.2) is 60.8 Å². The Balaban J connectivity index is 1.49. The van der Waals surface area contributed by atoms with E-state index >= 15 is 0 Å². The number of alkyl halides is 3. The molecule has 1 aromatic heterocycles. The molecule has 2 heterocycles. The Labute approximate surface area is 223 Å². The number of Topliss-reactive ketones (excluding diaryl/α,β-unsaturated/α-hetero) is 1. The van der Waals surface area contributed by atoms with Crippen LogP contribution in [0.5, 0.6) is 5.75 Å². The molecule has 1 atom stereocenters. The van der Waals surface area contributed by atoms with E-state index in [0.29, 0.717) is 37.6 Å². The highest BCUT2D eigenvalue weighted by Crippen LogP contribution is 2.32. The van der Waals surface area contributed by atoms with E-state index < -0.39 is 24.1 Å². The highest BCUT2D eigenvalue weighted by Gasteiger charge is 2.33. The lowest BCUT2D eigenvalue weighted by Crippen LogP contribution is -2.47. The number of aliphatic hydroxyl groups excluding tert-OH is 1. The molecule has 206 valence electrons. The number of carbonyl (C=O) groups is 2. The summed E-state index contributed by atoms with van der Waals surface area (Å²) in [5.74, 6) is -1.51. The number of pyridine rings is 1. The van der Waals surface area contributed by atoms with Crippen molar-refractivity contribution in [2.45, 2.75) is 32.4 Å². The molecule has 1 saturated heterocycles. The number of ketones is 1. The summed E-state index contributed by atoms with van der Waals surface area (Å²) in [5.41, 5.74) is 2.78. The van der Waals surface area contributed by atoms with Gasteiger partial charge in [0.15, 0.2) is 11.5 Å². The molecule has 0 radical (unpaired) electrons. The first-order chi connectivity index (χ1) is 18.6. The van der Waals surface area contributed by atoms with Crippen LogP contribution in [-0.4, -0.2) is 65.4 Å². The number of morpholine rings is 1. The summed E-state index contributed by atoms with van der Waals surface area (Å²) in [6.45, 7) is 3.53. The molecule has 1 amide bonds. The number of aliphatic hydroxyl groups is 1. The predicted octanol–water partition coefficient (Wildman–Crippen LogP) is 4.22. The van der Waals surface area contributed by atoms with Gasteiger partial charge < -0.3 is 19.9 Å². The first-order valence-electron chi connectivity index (χ1n) is 12.3. The van der Waals surface area contributed by atoms with Crippen LogP contribution in [0.3, 0.4) is 0 Å². The van der Waals surface area contributed by atoms with Crippen LogP contribution < -0.4 is 10.1 Å². The molecular formula is C28H28F3N3O5. The minimum atomic E-state index is -4.98. The molecule has 1 aliphatic heterocycles. The van der Waals surface area contributed by atoms with Crippen molar-refractivity contribution in [3.05, 3.63) is 77.5 Å². The molecule has 2 aromatic carbocycles. The summed E-state index contributed by atoms with van der Waals surface area (Å²) in [7, 11) is 0. The maximum Gasteiger partial charge on any atom is 0.573 e. The Kier molecular flexibility index (Phi) is 8.95. The van der Waals surface area contributed by atoms with Crippen molar-refractivity contribution in [1.29, 1.82) is 0 Å². The highest BCUT2D eigenvalue weighted by atomic mass is 19.4. The van der Waals surface area contributed by atoms with E-state index in [-0.39, 0.29) is 30.1 Å². The van der Waals surface area contributed by atoms with Crippen LogP contribution in [0, 0.1) is 0 Å². The summed E-state index contributed by atoms with van der Waals surface area (Å²) >= 11 is 0. The van der Waals surface area contributed by atoms with Gasteiger partial charge in [0, 0.05) is 36.8 Å². The number of nitrogens with zero attached hydrogens (tertiary/aromatic N) is 2. The second kappa shape index (κ2) is 12.4. The van der Waals surface area contributed by atoms with Crippen LogP contribution in [0.25, 0.3) is 11.3 Å².